The number of aromatic nitrogens is 2. The molecular weight excluding hydrogens is 350 g/mol. The summed E-state index contributed by atoms with van der Waals surface area (Å²) in [5, 5.41) is 7.86. The third-order valence-electron chi connectivity index (χ3n) is 5.63. The summed E-state index contributed by atoms with van der Waals surface area (Å²) < 4.78 is 28.3. The molecule has 0 bridgehead atoms. The molecular formula is C20H24F2N4O. The minimum atomic E-state index is -2.50. The first-order valence-corrected chi connectivity index (χ1v) is 9.51. The van der Waals surface area contributed by atoms with E-state index in [1.165, 1.54) is 11.3 Å². The van der Waals surface area contributed by atoms with Gasteiger partial charge in [0.15, 0.2) is 0 Å². The van der Waals surface area contributed by atoms with Gasteiger partial charge in [-0.15, -0.1) is 0 Å². The van der Waals surface area contributed by atoms with E-state index in [4.69, 9.17) is 0 Å². The summed E-state index contributed by atoms with van der Waals surface area (Å²) in [5.41, 5.74) is 3.15. The Morgan fingerprint density at radius 2 is 1.93 bits per heavy atom. The van der Waals surface area contributed by atoms with E-state index in [1.807, 2.05) is 12.3 Å². The zero-order valence-corrected chi connectivity index (χ0v) is 15.2. The Balaban J connectivity index is 1.43. The lowest BCUT2D eigenvalue weighted by Crippen LogP contribution is -2.42. The molecule has 1 unspecified atom stereocenters. The van der Waals surface area contributed by atoms with E-state index in [0.29, 0.717) is 18.7 Å². The summed E-state index contributed by atoms with van der Waals surface area (Å²) in [7, 11) is 0. The molecule has 2 aliphatic rings. The van der Waals surface area contributed by atoms with Gasteiger partial charge in [-0.2, -0.15) is 5.10 Å². The van der Waals surface area contributed by atoms with Gasteiger partial charge in [0.05, 0.1) is 23.9 Å². The van der Waals surface area contributed by atoms with Crippen molar-refractivity contribution in [2.24, 2.45) is 0 Å². The number of piperidine rings is 1. The molecule has 0 saturated carbocycles. The van der Waals surface area contributed by atoms with Gasteiger partial charge < -0.3 is 10.2 Å². The van der Waals surface area contributed by atoms with Crippen LogP contribution in [-0.2, 0) is 17.9 Å². The summed E-state index contributed by atoms with van der Waals surface area (Å²) in [4.78, 5) is 14.7. The largest absolute Gasteiger partial charge is 0.342 e. The van der Waals surface area contributed by atoms with Crippen LogP contribution in [0.3, 0.4) is 0 Å². The second kappa shape index (κ2) is 7.76. The maximum absolute atomic E-state index is 13.1. The number of hydrogen-bond donors (Lipinski definition) is 1. The Hall–Kier alpha value is -2.28. The molecule has 27 heavy (non-hydrogen) atoms. The molecule has 1 saturated heterocycles. The number of carbonyl (C=O) groups excluding carboxylic acids is 1. The van der Waals surface area contributed by atoms with E-state index in [1.54, 1.807) is 29.2 Å². The Morgan fingerprint density at radius 1 is 1.19 bits per heavy atom. The van der Waals surface area contributed by atoms with Crippen molar-refractivity contribution in [1.29, 1.82) is 0 Å². The fourth-order valence-electron chi connectivity index (χ4n) is 4.19. The summed E-state index contributed by atoms with van der Waals surface area (Å²) in [6, 6.07) is 9.20. The SMILES string of the molecule is O=C(C(CC(F)F)c1ccccc1)N1CCC(n2ncc3c2CNC3)CC1. The highest BCUT2D eigenvalue weighted by Crippen LogP contribution is 2.30. The van der Waals surface area contributed by atoms with E-state index in [0.717, 1.165) is 25.9 Å². The van der Waals surface area contributed by atoms with Crippen LogP contribution < -0.4 is 5.32 Å². The van der Waals surface area contributed by atoms with E-state index >= 15 is 0 Å². The molecule has 4 rings (SSSR count). The Bertz CT molecular complexity index is 785. The number of nitrogens with one attached hydrogen (secondary N) is 1. The van der Waals surface area contributed by atoms with Gasteiger partial charge in [0.25, 0.3) is 0 Å². The minimum Gasteiger partial charge on any atom is -0.342 e. The van der Waals surface area contributed by atoms with Crippen molar-refractivity contribution in [3.63, 3.8) is 0 Å². The maximum atomic E-state index is 13.1. The van der Waals surface area contributed by atoms with E-state index in [-0.39, 0.29) is 11.9 Å². The van der Waals surface area contributed by atoms with Crippen LogP contribution in [0.15, 0.2) is 36.5 Å². The second-order valence-corrected chi connectivity index (χ2v) is 7.31. The predicted molar refractivity (Wildman–Crippen MR) is 97.4 cm³/mol. The molecule has 1 aromatic carbocycles. The summed E-state index contributed by atoms with van der Waals surface area (Å²) in [6.45, 7) is 2.86. The first kappa shape index (κ1) is 18.1. The van der Waals surface area contributed by atoms with Gasteiger partial charge in [-0.05, 0) is 18.4 Å². The maximum Gasteiger partial charge on any atom is 0.239 e. The van der Waals surface area contributed by atoms with Gasteiger partial charge in [0, 0.05) is 38.2 Å². The third kappa shape index (κ3) is 3.74. The molecule has 0 radical (unpaired) electrons. The molecule has 5 nitrogen and oxygen atoms in total. The smallest absolute Gasteiger partial charge is 0.239 e. The summed E-state index contributed by atoms with van der Waals surface area (Å²) in [5.74, 6) is -0.965. The molecule has 2 aromatic rings. The molecule has 1 N–H and O–H groups in total. The number of alkyl halides is 2. The average molecular weight is 374 g/mol. The van der Waals surface area contributed by atoms with Crippen LogP contribution in [0.4, 0.5) is 8.78 Å². The van der Waals surface area contributed by atoms with Crippen LogP contribution in [-0.4, -0.2) is 40.1 Å². The lowest BCUT2D eigenvalue weighted by molar-refractivity contribution is -0.135. The Morgan fingerprint density at radius 3 is 2.63 bits per heavy atom. The number of carbonyl (C=O) groups is 1. The highest BCUT2D eigenvalue weighted by molar-refractivity contribution is 5.83. The van der Waals surface area contributed by atoms with Crippen molar-refractivity contribution in [2.75, 3.05) is 13.1 Å². The highest BCUT2D eigenvalue weighted by atomic mass is 19.3. The van der Waals surface area contributed by atoms with Crippen LogP contribution in [0.2, 0.25) is 0 Å². The number of hydrogen-bond acceptors (Lipinski definition) is 3. The highest BCUT2D eigenvalue weighted by Gasteiger charge is 2.32. The van der Waals surface area contributed by atoms with Gasteiger partial charge in [-0.1, -0.05) is 30.3 Å². The lowest BCUT2D eigenvalue weighted by Gasteiger charge is -2.35. The molecule has 0 aliphatic carbocycles. The van der Waals surface area contributed by atoms with Crippen LogP contribution in [0.25, 0.3) is 0 Å². The van der Waals surface area contributed by atoms with Crippen LogP contribution in [0.1, 0.15) is 48.0 Å². The number of amides is 1. The van der Waals surface area contributed by atoms with Crippen LogP contribution >= 0.6 is 0 Å². The molecule has 0 spiro atoms. The second-order valence-electron chi connectivity index (χ2n) is 7.31. The van der Waals surface area contributed by atoms with E-state index in [2.05, 4.69) is 15.1 Å². The summed E-state index contributed by atoms with van der Waals surface area (Å²) >= 11 is 0. The van der Waals surface area contributed by atoms with E-state index < -0.39 is 18.8 Å². The lowest BCUT2D eigenvalue weighted by atomic mass is 9.93. The van der Waals surface area contributed by atoms with Crippen molar-refractivity contribution in [3.05, 3.63) is 53.3 Å². The van der Waals surface area contributed by atoms with Gasteiger partial charge in [-0.25, -0.2) is 8.78 Å². The van der Waals surface area contributed by atoms with Crippen LogP contribution in [0.5, 0.6) is 0 Å². The number of nitrogens with zero attached hydrogens (tertiary/aromatic N) is 3. The number of benzene rings is 1. The fourth-order valence-corrected chi connectivity index (χ4v) is 4.19. The summed E-state index contributed by atoms with van der Waals surface area (Å²) in [6.07, 6.45) is 0.588. The average Bonchev–Trinajstić information content (AvgIpc) is 3.30. The first-order valence-electron chi connectivity index (χ1n) is 9.51. The van der Waals surface area contributed by atoms with E-state index in [9.17, 15) is 13.6 Å². The zero-order valence-electron chi connectivity index (χ0n) is 15.2. The molecule has 7 heteroatoms. The topological polar surface area (TPSA) is 50.2 Å². The number of rotatable bonds is 5. The number of likely N-dealkylation sites (tertiary alicyclic amines) is 1. The minimum absolute atomic E-state index is 0.188. The first-order chi connectivity index (χ1) is 13.1. The van der Waals surface area contributed by atoms with Gasteiger partial charge in [-0.3, -0.25) is 9.48 Å². The quantitative estimate of drug-likeness (QED) is 0.875. The normalized spacial score (nSPS) is 18.7. The monoisotopic (exact) mass is 374 g/mol. The molecule has 1 amide bonds. The predicted octanol–water partition coefficient (Wildman–Crippen LogP) is 3.09. The molecule has 1 atom stereocenters. The Kier molecular flexibility index (Phi) is 5.20. The molecule has 1 aromatic heterocycles. The van der Waals surface area contributed by atoms with Crippen molar-refractivity contribution in [1.82, 2.24) is 20.0 Å². The molecule has 144 valence electrons. The molecule has 2 aliphatic heterocycles. The number of halogens is 2. The standard InChI is InChI=1S/C20H24F2N4O/c21-19(22)10-17(14-4-2-1-3-5-14)20(27)25-8-6-16(7-9-25)26-18-13-23-11-15(18)12-24-26/h1-5,12,16-17,19,23H,6-11,13H2. The van der Waals surface area contributed by atoms with Crippen molar-refractivity contribution in [2.45, 2.75) is 50.7 Å². The molecule has 1 fully saturated rings. The third-order valence-corrected chi connectivity index (χ3v) is 5.63. The molecule has 3 heterocycles. The van der Waals surface area contributed by atoms with Crippen molar-refractivity contribution < 1.29 is 13.6 Å². The van der Waals surface area contributed by atoms with Crippen molar-refractivity contribution >= 4 is 5.91 Å². The number of fused-ring (bicyclic) bond motifs is 1. The fraction of sp³-hybridized carbons (Fsp3) is 0.500. The zero-order chi connectivity index (χ0) is 18.8. The Labute approximate surface area is 157 Å². The van der Waals surface area contributed by atoms with Gasteiger partial charge >= 0.3 is 0 Å². The van der Waals surface area contributed by atoms with Crippen molar-refractivity contribution in [3.8, 4) is 0 Å². The van der Waals surface area contributed by atoms with Crippen LogP contribution in [0, 0.1) is 0 Å². The van der Waals surface area contributed by atoms with Gasteiger partial charge in [0.2, 0.25) is 12.3 Å². The van der Waals surface area contributed by atoms with Gasteiger partial charge in [0.1, 0.15) is 0 Å².